The number of thiophene rings is 1. The van der Waals surface area contributed by atoms with E-state index in [9.17, 15) is 41.7 Å². The number of benzene rings is 6. The van der Waals surface area contributed by atoms with E-state index in [0.29, 0.717) is 28.9 Å². The summed E-state index contributed by atoms with van der Waals surface area (Å²) in [5.74, 6) is -0.549. The number of halogens is 5. The second-order valence-corrected chi connectivity index (χ2v) is 24.6. The first-order chi connectivity index (χ1) is 46.3. The maximum atomic E-state index is 13.4. The van der Waals surface area contributed by atoms with Gasteiger partial charge in [0.05, 0.1) is 40.9 Å². The van der Waals surface area contributed by atoms with Gasteiger partial charge in [0.2, 0.25) is 28.5 Å². The molecule has 17 heteroatoms. The number of rotatable bonds is 9. The lowest BCUT2D eigenvalue weighted by Crippen LogP contribution is -2.32. The van der Waals surface area contributed by atoms with Crippen molar-refractivity contribution in [3.8, 4) is 73.2 Å². The molecule has 0 N–H and O–H groups in total. The van der Waals surface area contributed by atoms with Gasteiger partial charge >= 0.3 is 6.18 Å². The zero-order valence-corrected chi connectivity index (χ0v) is 56.6. The van der Waals surface area contributed by atoms with E-state index in [2.05, 4.69) is 97.5 Å². The molecule has 0 saturated heterocycles. The Morgan fingerprint density at radius 3 is 1.70 bits per heavy atom. The van der Waals surface area contributed by atoms with Crippen molar-refractivity contribution in [2.75, 3.05) is 6.61 Å². The standard InChI is InChI=1S/C19H18NO3.C18H16N.C15H15F3N.C15H13N2O2S.C13H12F2N/c1-4-23-13-7-8-20(3)17(10-13)14-11-16-15(9-12(14)2)18(21)5-6-19(16)22;1-19-14-6-5-9-18(19)17-12-10-16(11-13-17)15-7-3-2-4-8-15;1-10-4-5-11(2)13(8-10)14-7-6-12(9-19(14)3)15(16,17)18;1-10-15(12-5-3-4-6-14(12)20-10)13-9-11(17(18)19)7-8-16(13)2;1-9-11(7-10(14)8-12(9)15)13-5-3-4-6-16(13)2/h5-11H,4H2,1-3H3;2-14H,1H3;4-9H,1-3H3;3-9H,1-2H3;3-8H,1-2H3/q5*+1. The molecule has 6 heterocycles. The molecule has 13 rings (SSSR count). The molecule has 6 aromatic heterocycles. The monoisotopic (exact) mass is 1330 g/mol. The summed E-state index contributed by atoms with van der Waals surface area (Å²) in [6.45, 7) is 12.1. The maximum absolute atomic E-state index is 13.4. The number of aryl methyl sites for hydroxylation is 9. The van der Waals surface area contributed by atoms with Crippen LogP contribution in [0.15, 0.2) is 237 Å². The van der Waals surface area contributed by atoms with E-state index in [4.69, 9.17) is 4.74 Å². The first-order valence-corrected chi connectivity index (χ1v) is 32.0. The minimum atomic E-state index is -4.31. The van der Waals surface area contributed by atoms with Crippen LogP contribution in [0.1, 0.15) is 60.3 Å². The summed E-state index contributed by atoms with van der Waals surface area (Å²) >= 11 is 1.71. The highest BCUT2D eigenvalue weighted by Gasteiger charge is 2.34. The van der Waals surface area contributed by atoms with Crippen molar-refractivity contribution in [3.63, 3.8) is 0 Å². The molecule has 11 nitrogen and oxygen atoms in total. The normalized spacial score (nSPS) is 11.4. The van der Waals surface area contributed by atoms with E-state index >= 15 is 0 Å². The molecule has 0 unspecified atom stereocenters. The van der Waals surface area contributed by atoms with Gasteiger partial charge in [0.15, 0.2) is 42.6 Å². The number of ketones is 2. The molecule has 0 aliphatic heterocycles. The Bertz CT molecular complexity index is 4930. The van der Waals surface area contributed by atoms with E-state index in [0.717, 1.165) is 85.6 Å². The Balaban J connectivity index is 0.000000143. The number of fused-ring (bicyclic) bond motifs is 2. The molecule has 0 atom stereocenters. The second-order valence-electron chi connectivity index (χ2n) is 23.4. The van der Waals surface area contributed by atoms with E-state index in [-0.39, 0.29) is 22.2 Å². The highest BCUT2D eigenvalue weighted by Crippen LogP contribution is 2.38. The average Bonchev–Trinajstić information content (AvgIpc) is 1.78. The second kappa shape index (κ2) is 31.0. The van der Waals surface area contributed by atoms with Crippen molar-refractivity contribution in [2.45, 2.75) is 47.7 Å². The molecule has 1 aliphatic carbocycles. The molecule has 0 spiro atoms. The van der Waals surface area contributed by atoms with Gasteiger partial charge in [0.1, 0.15) is 58.2 Å². The third-order valence-electron chi connectivity index (χ3n) is 16.5. The number of allylic oxidation sites excluding steroid dienone is 2. The lowest BCUT2D eigenvalue weighted by Gasteiger charge is -2.13. The predicted molar refractivity (Wildman–Crippen MR) is 370 cm³/mol. The summed E-state index contributed by atoms with van der Waals surface area (Å²) in [4.78, 5) is 35.9. The highest BCUT2D eigenvalue weighted by molar-refractivity contribution is 7.19. The average molecular weight is 1330 g/mol. The summed E-state index contributed by atoms with van der Waals surface area (Å²) in [5, 5.41) is 12.1. The van der Waals surface area contributed by atoms with Crippen LogP contribution in [0.2, 0.25) is 0 Å². The van der Waals surface area contributed by atoms with Gasteiger partial charge in [0.25, 0.3) is 5.69 Å². The zero-order chi connectivity index (χ0) is 69.8. The molecular formula is C80H74F5N6O5S+5. The maximum Gasteiger partial charge on any atom is 0.422 e. The quantitative estimate of drug-likeness (QED) is 0.0619. The minimum absolute atomic E-state index is 0.118. The summed E-state index contributed by atoms with van der Waals surface area (Å²) in [6, 6.07) is 60.6. The van der Waals surface area contributed by atoms with E-state index in [1.54, 1.807) is 49.7 Å². The summed E-state index contributed by atoms with van der Waals surface area (Å²) < 4.78 is 80.6. The number of hydrogen-bond acceptors (Lipinski definition) is 6. The van der Waals surface area contributed by atoms with Crippen molar-refractivity contribution in [1.82, 2.24) is 0 Å². The Hall–Kier alpha value is -11.0. The SMILES string of the molecule is CCOc1cc[n+](C)c(-c2cc3c(cc2C)C(=O)C=CC3=O)c1.C[n+]1ccccc1-c1ccc(-c2ccccc2)cc1.Cc1c(F)cc(F)cc1-c1cccc[n+]1C.Cc1ccc(C)c(-c2ccc(C(F)(F)F)c[n+]2C)c1.Cc1sc2ccccc2c1-c1cc([N+](=O)[O-])cc[n+]1C. The van der Waals surface area contributed by atoms with Crippen LogP contribution < -0.4 is 27.6 Å². The third-order valence-corrected chi connectivity index (χ3v) is 17.6. The first kappa shape index (κ1) is 70.3. The van der Waals surface area contributed by atoms with Crippen molar-refractivity contribution >= 4 is 38.7 Å². The number of pyridine rings is 5. The topological polar surface area (TPSA) is 106 Å². The zero-order valence-electron chi connectivity index (χ0n) is 55.7. The Morgan fingerprint density at radius 2 is 1.06 bits per heavy atom. The highest BCUT2D eigenvalue weighted by atomic mass is 32.1. The van der Waals surface area contributed by atoms with Gasteiger partial charge in [-0.3, -0.25) is 19.7 Å². The Morgan fingerprint density at radius 1 is 0.495 bits per heavy atom. The number of hydrogen-bond donors (Lipinski definition) is 0. The molecule has 0 radical (unpaired) electrons. The molecule has 0 saturated carbocycles. The molecule has 490 valence electrons. The van der Waals surface area contributed by atoms with Gasteiger partial charge in [-0.15, -0.1) is 11.3 Å². The van der Waals surface area contributed by atoms with Gasteiger partial charge in [-0.25, -0.2) is 31.6 Å². The molecule has 6 aromatic carbocycles. The van der Waals surface area contributed by atoms with Crippen LogP contribution in [0.25, 0.3) is 77.5 Å². The van der Waals surface area contributed by atoms with Crippen LogP contribution in [0.4, 0.5) is 27.6 Å². The van der Waals surface area contributed by atoms with Gasteiger partial charge < -0.3 is 4.74 Å². The number of aromatic nitrogens is 5. The van der Waals surface area contributed by atoms with Gasteiger partial charge in [-0.1, -0.05) is 78.4 Å². The molecule has 0 fully saturated rings. The lowest BCUT2D eigenvalue weighted by molar-refractivity contribution is -0.661. The van der Waals surface area contributed by atoms with Crippen LogP contribution in [-0.2, 0) is 41.4 Å². The van der Waals surface area contributed by atoms with Crippen LogP contribution >= 0.6 is 11.3 Å². The number of carbonyl (C=O) groups excluding carboxylic acids is 2. The fourth-order valence-electron chi connectivity index (χ4n) is 11.3. The van der Waals surface area contributed by atoms with E-state index < -0.39 is 23.4 Å². The summed E-state index contributed by atoms with van der Waals surface area (Å²) in [5.41, 5.74) is 15.8. The van der Waals surface area contributed by atoms with Gasteiger partial charge in [-0.05, 0) is 142 Å². The smallest absolute Gasteiger partial charge is 0.422 e. The van der Waals surface area contributed by atoms with Crippen molar-refractivity contribution in [3.05, 3.63) is 303 Å². The molecule has 1 aliphatic rings. The fraction of sp³-hybridized carbons (Fsp3) is 0.163. The molecule has 0 amide bonds. The van der Waals surface area contributed by atoms with Crippen LogP contribution in [-0.4, -0.2) is 23.1 Å². The Labute approximate surface area is 565 Å². The molecule has 12 aromatic rings. The molecule has 0 bridgehead atoms. The van der Waals surface area contributed by atoms with E-state index in [1.807, 2.05) is 148 Å². The summed E-state index contributed by atoms with van der Waals surface area (Å²) in [6.07, 6.45) is 7.05. The van der Waals surface area contributed by atoms with Crippen molar-refractivity contribution < 1.29 is 64.0 Å². The number of carbonyl (C=O) groups is 2. The molecule has 97 heavy (non-hydrogen) atoms. The van der Waals surface area contributed by atoms with Crippen molar-refractivity contribution in [2.24, 2.45) is 35.2 Å². The predicted octanol–water partition coefficient (Wildman–Crippen LogP) is 16.9. The first-order valence-electron chi connectivity index (χ1n) is 31.1. The number of ether oxygens (including phenoxy) is 1. The third kappa shape index (κ3) is 16.9. The van der Waals surface area contributed by atoms with Gasteiger partial charge in [0, 0.05) is 85.2 Å². The van der Waals surface area contributed by atoms with Crippen molar-refractivity contribution in [1.29, 1.82) is 0 Å². The lowest BCUT2D eigenvalue weighted by atomic mass is 9.89. The number of nitro groups is 1. The minimum Gasteiger partial charge on any atom is -0.493 e. The van der Waals surface area contributed by atoms with Gasteiger partial charge in [-0.2, -0.15) is 13.2 Å². The number of nitrogens with zero attached hydrogens (tertiary/aromatic N) is 6. The van der Waals surface area contributed by atoms with Crippen LogP contribution in [0.3, 0.4) is 0 Å². The fourth-order valence-corrected chi connectivity index (χ4v) is 12.3. The largest absolute Gasteiger partial charge is 0.493 e. The Kier molecular flexibility index (Phi) is 22.5. The van der Waals surface area contributed by atoms with Crippen LogP contribution in [0, 0.1) is 56.4 Å². The van der Waals surface area contributed by atoms with Crippen LogP contribution in [0.5, 0.6) is 5.75 Å². The number of alkyl halides is 3. The molecular weight excluding hydrogens is 1250 g/mol. The summed E-state index contributed by atoms with van der Waals surface area (Å²) in [7, 11) is 9.39. The van der Waals surface area contributed by atoms with E-state index in [1.165, 1.54) is 66.9 Å².